The zero-order valence-corrected chi connectivity index (χ0v) is 12.6. The largest absolute Gasteiger partial charge is 0.481 e. The van der Waals surface area contributed by atoms with Crippen LogP contribution in [0.3, 0.4) is 0 Å². The van der Waals surface area contributed by atoms with Gasteiger partial charge in [0.15, 0.2) is 0 Å². The number of halogens is 1. The Morgan fingerprint density at radius 2 is 2.50 bits per heavy atom. The maximum Gasteiger partial charge on any atom is 0.313 e. The molecule has 1 unspecified atom stereocenters. The Bertz CT molecular complexity index is 429. The molecule has 0 amide bonds. The van der Waals surface area contributed by atoms with Gasteiger partial charge in [-0.2, -0.15) is 0 Å². The van der Waals surface area contributed by atoms with Crippen LogP contribution < -0.4 is 0 Å². The van der Waals surface area contributed by atoms with Crippen LogP contribution in [0.15, 0.2) is 15.2 Å². The van der Waals surface area contributed by atoms with Crippen LogP contribution in [0, 0.1) is 5.41 Å². The molecule has 0 aromatic carbocycles. The van der Waals surface area contributed by atoms with Gasteiger partial charge in [0.2, 0.25) is 0 Å². The molecule has 1 aliphatic heterocycles. The minimum Gasteiger partial charge on any atom is -0.481 e. The van der Waals surface area contributed by atoms with Crippen molar-refractivity contribution < 1.29 is 14.6 Å². The lowest BCUT2D eigenvalue weighted by atomic mass is 9.87. The molecule has 1 aromatic rings. The molecule has 2 rings (SSSR count). The van der Waals surface area contributed by atoms with E-state index < -0.39 is 11.4 Å². The third-order valence-electron chi connectivity index (χ3n) is 3.20. The maximum absolute atomic E-state index is 11.4. The summed E-state index contributed by atoms with van der Waals surface area (Å²) in [5.41, 5.74) is 0.468. The number of nitrogens with zero attached hydrogens (tertiary/aromatic N) is 1. The maximum atomic E-state index is 11.4. The normalized spacial score (nSPS) is 23.7. The second-order valence-corrected chi connectivity index (χ2v) is 7.11. The highest BCUT2D eigenvalue weighted by Crippen LogP contribution is 2.30. The van der Waals surface area contributed by atoms with Crippen LogP contribution in [0.1, 0.15) is 12.0 Å². The molecule has 1 atom stereocenters. The van der Waals surface area contributed by atoms with E-state index in [0.717, 1.165) is 10.3 Å². The monoisotopic (exact) mass is 333 g/mol. The van der Waals surface area contributed by atoms with Gasteiger partial charge in [0, 0.05) is 19.7 Å². The number of ether oxygens (including phenoxy) is 1. The lowest BCUT2D eigenvalue weighted by Gasteiger charge is -2.28. The van der Waals surface area contributed by atoms with Gasteiger partial charge in [-0.3, -0.25) is 4.79 Å². The molecule has 0 aliphatic carbocycles. The van der Waals surface area contributed by atoms with E-state index >= 15 is 0 Å². The molecule has 2 heterocycles. The highest BCUT2D eigenvalue weighted by atomic mass is 79.9. The lowest BCUT2D eigenvalue weighted by Crippen LogP contribution is -2.42. The number of hydrogen-bond donors (Lipinski definition) is 1. The predicted octanol–water partition coefficient (Wildman–Crippen LogP) is 2.43. The van der Waals surface area contributed by atoms with Gasteiger partial charge in [0.1, 0.15) is 5.41 Å². The summed E-state index contributed by atoms with van der Waals surface area (Å²) in [6, 6.07) is 2.07. The van der Waals surface area contributed by atoms with Gasteiger partial charge >= 0.3 is 5.97 Å². The van der Waals surface area contributed by atoms with E-state index in [4.69, 9.17) is 4.74 Å². The number of carboxylic acid groups (broad SMARTS) is 1. The van der Waals surface area contributed by atoms with Gasteiger partial charge in [-0.05, 0) is 46.4 Å². The van der Waals surface area contributed by atoms with Crippen molar-refractivity contribution in [1.29, 1.82) is 0 Å². The van der Waals surface area contributed by atoms with E-state index in [2.05, 4.69) is 32.3 Å². The van der Waals surface area contributed by atoms with Crippen LogP contribution in [0.25, 0.3) is 0 Å². The zero-order chi connectivity index (χ0) is 13.2. The molecule has 0 spiro atoms. The minimum absolute atomic E-state index is 0.319. The Hall–Kier alpha value is -0.430. The fourth-order valence-corrected chi connectivity index (χ4v) is 3.48. The summed E-state index contributed by atoms with van der Waals surface area (Å²) in [5, 5.41) is 11.5. The zero-order valence-electron chi connectivity index (χ0n) is 10.2. The van der Waals surface area contributed by atoms with Crippen LogP contribution in [-0.2, 0) is 16.1 Å². The lowest BCUT2D eigenvalue weighted by molar-refractivity contribution is -0.150. The summed E-state index contributed by atoms with van der Waals surface area (Å²) in [6.45, 7) is 2.15. The van der Waals surface area contributed by atoms with Gasteiger partial charge in [-0.1, -0.05) is 0 Å². The topological polar surface area (TPSA) is 49.8 Å². The van der Waals surface area contributed by atoms with Crippen LogP contribution in [0.4, 0.5) is 0 Å². The first-order valence-corrected chi connectivity index (χ1v) is 7.42. The highest BCUT2D eigenvalue weighted by Gasteiger charge is 2.43. The van der Waals surface area contributed by atoms with Crippen molar-refractivity contribution in [2.75, 3.05) is 26.8 Å². The van der Waals surface area contributed by atoms with Gasteiger partial charge in [0.25, 0.3) is 0 Å². The van der Waals surface area contributed by atoms with Crippen LogP contribution in [-0.4, -0.2) is 42.8 Å². The quantitative estimate of drug-likeness (QED) is 0.899. The van der Waals surface area contributed by atoms with E-state index in [9.17, 15) is 9.90 Å². The molecule has 6 heteroatoms. The number of hydrogen-bond acceptors (Lipinski definition) is 4. The van der Waals surface area contributed by atoms with Gasteiger partial charge in [-0.15, -0.1) is 11.3 Å². The fraction of sp³-hybridized carbons (Fsp3) is 0.583. The number of carboxylic acids is 1. The second kappa shape index (κ2) is 5.69. The fourth-order valence-electron chi connectivity index (χ4n) is 2.28. The standard InChI is InChI=1S/C12H16BrNO3S/c1-14(5-9-4-10(13)18-6-9)7-12(11(15)16)2-3-17-8-12/h4,6H,2-3,5,7-8H2,1H3,(H,15,16). The van der Waals surface area contributed by atoms with E-state index in [0.29, 0.717) is 26.2 Å². The molecule has 0 bridgehead atoms. The summed E-state index contributed by atoms with van der Waals surface area (Å²) < 4.78 is 6.36. The van der Waals surface area contributed by atoms with Crippen molar-refractivity contribution in [1.82, 2.24) is 4.90 Å². The molecular formula is C12H16BrNO3S. The van der Waals surface area contributed by atoms with Gasteiger partial charge in [-0.25, -0.2) is 0 Å². The summed E-state index contributed by atoms with van der Waals surface area (Å²) in [5.74, 6) is -0.752. The molecule has 100 valence electrons. The molecule has 1 aliphatic rings. The van der Waals surface area contributed by atoms with Gasteiger partial charge < -0.3 is 14.7 Å². The summed E-state index contributed by atoms with van der Waals surface area (Å²) >= 11 is 5.07. The third-order valence-corrected chi connectivity index (χ3v) is 4.76. The number of aliphatic carboxylic acids is 1. The van der Waals surface area contributed by atoms with Crippen molar-refractivity contribution in [3.63, 3.8) is 0 Å². The third kappa shape index (κ3) is 3.12. The average molecular weight is 334 g/mol. The molecule has 1 aromatic heterocycles. The SMILES string of the molecule is CN(Cc1csc(Br)c1)CC1(C(=O)O)CCOC1. The van der Waals surface area contributed by atoms with Crippen LogP contribution in [0.5, 0.6) is 0 Å². The van der Waals surface area contributed by atoms with Gasteiger partial charge in [0.05, 0.1) is 10.4 Å². The smallest absolute Gasteiger partial charge is 0.313 e. The summed E-state index contributed by atoms with van der Waals surface area (Å²) in [7, 11) is 1.95. The molecule has 18 heavy (non-hydrogen) atoms. The van der Waals surface area contributed by atoms with E-state index in [1.165, 1.54) is 5.56 Å². The Morgan fingerprint density at radius 3 is 3.00 bits per heavy atom. The van der Waals surface area contributed by atoms with Crippen molar-refractivity contribution >= 4 is 33.2 Å². The van der Waals surface area contributed by atoms with Crippen molar-refractivity contribution in [3.8, 4) is 0 Å². The molecular weight excluding hydrogens is 318 g/mol. The van der Waals surface area contributed by atoms with Crippen LogP contribution >= 0.6 is 27.3 Å². The molecule has 0 saturated carbocycles. The Morgan fingerprint density at radius 1 is 1.72 bits per heavy atom. The van der Waals surface area contributed by atoms with E-state index in [1.54, 1.807) is 11.3 Å². The van der Waals surface area contributed by atoms with E-state index in [-0.39, 0.29) is 0 Å². The Balaban J connectivity index is 1.97. The molecule has 1 fully saturated rings. The van der Waals surface area contributed by atoms with Crippen molar-refractivity contribution in [3.05, 3.63) is 20.8 Å². The Labute approximate surface area is 119 Å². The molecule has 1 N–H and O–H groups in total. The molecule has 0 radical (unpaired) electrons. The van der Waals surface area contributed by atoms with Crippen molar-refractivity contribution in [2.24, 2.45) is 5.41 Å². The van der Waals surface area contributed by atoms with Crippen LogP contribution in [0.2, 0.25) is 0 Å². The summed E-state index contributed by atoms with van der Waals surface area (Å²) in [4.78, 5) is 13.5. The second-order valence-electron chi connectivity index (χ2n) is 4.82. The van der Waals surface area contributed by atoms with E-state index in [1.807, 2.05) is 7.05 Å². The minimum atomic E-state index is -0.752. The molecule has 4 nitrogen and oxygen atoms in total. The number of rotatable bonds is 5. The number of thiophene rings is 1. The Kier molecular flexibility index (Phi) is 4.42. The number of carbonyl (C=O) groups is 1. The first-order valence-electron chi connectivity index (χ1n) is 5.74. The molecule has 1 saturated heterocycles. The van der Waals surface area contributed by atoms with Crippen molar-refractivity contribution in [2.45, 2.75) is 13.0 Å². The average Bonchev–Trinajstić information content (AvgIpc) is 2.89. The first kappa shape index (κ1) is 14.0. The predicted molar refractivity (Wildman–Crippen MR) is 73.9 cm³/mol. The first-order chi connectivity index (χ1) is 8.52. The highest BCUT2D eigenvalue weighted by molar-refractivity contribution is 9.11. The summed E-state index contributed by atoms with van der Waals surface area (Å²) in [6.07, 6.45) is 0.597.